The second kappa shape index (κ2) is 8.90. The van der Waals surface area contributed by atoms with Gasteiger partial charge < -0.3 is 10.2 Å². The van der Waals surface area contributed by atoms with Gasteiger partial charge in [-0.3, -0.25) is 14.6 Å². The third-order valence-corrected chi connectivity index (χ3v) is 4.33. The van der Waals surface area contributed by atoms with Gasteiger partial charge in [-0.05, 0) is 54.4 Å². The van der Waals surface area contributed by atoms with Crippen molar-refractivity contribution in [3.05, 3.63) is 95.6 Å². The number of benzene rings is 2. The monoisotopic (exact) mass is 377 g/mol. The lowest BCUT2D eigenvalue weighted by atomic mass is 10.1. The summed E-state index contributed by atoms with van der Waals surface area (Å²) in [5, 5.41) is 2.52. The highest BCUT2D eigenvalue weighted by Gasteiger charge is 2.15. The fraction of sp³-hybridized carbons (Fsp3) is 0.136. The van der Waals surface area contributed by atoms with E-state index in [1.54, 1.807) is 54.7 Å². The lowest BCUT2D eigenvalue weighted by Crippen LogP contribution is -2.29. The van der Waals surface area contributed by atoms with E-state index in [2.05, 4.69) is 10.3 Å². The van der Waals surface area contributed by atoms with Crippen LogP contribution in [0.5, 0.6) is 0 Å². The van der Waals surface area contributed by atoms with E-state index in [9.17, 15) is 14.0 Å². The molecule has 142 valence electrons. The van der Waals surface area contributed by atoms with Crippen molar-refractivity contribution in [2.45, 2.75) is 6.42 Å². The maximum absolute atomic E-state index is 13.7. The molecule has 0 saturated heterocycles. The van der Waals surface area contributed by atoms with Crippen molar-refractivity contribution in [1.82, 2.24) is 9.88 Å². The van der Waals surface area contributed by atoms with Crippen LogP contribution in [0.25, 0.3) is 0 Å². The molecular weight excluding hydrogens is 357 g/mol. The fourth-order valence-electron chi connectivity index (χ4n) is 2.72. The molecule has 5 nitrogen and oxygen atoms in total. The second-order valence-electron chi connectivity index (χ2n) is 6.35. The number of carbonyl (C=O) groups excluding carboxylic acids is 2. The molecule has 0 aliphatic heterocycles. The van der Waals surface area contributed by atoms with E-state index in [-0.39, 0.29) is 17.2 Å². The van der Waals surface area contributed by atoms with Gasteiger partial charge >= 0.3 is 0 Å². The average Bonchev–Trinajstić information content (AvgIpc) is 2.74. The molecule has 2 aromatic carbocycles. The van der Waals surface area contributed by atoms with Gasteiger partial charge in [0.1, 0.15) is 5.82 Å². The fourth-order valence-corrected chi connectivity index (χ4v) is 2.72. The second-order valence-corrected chi connectivity index (χ2v) is 6.35. The molecule has 3 aromatic rings. The molecule has 0 aliphatic rings. The zero-order valence-electron chi connectivity index (χ0n) is 15.4. The molecule has 2 amide bonds. The minimum atomic E-state index is -0.515. The van der Waals surface area contributed by atoms with Crippen LogP contribution in [-0.2, 0) is 6.42 Å². The van der Waals surface area contributed by atoms with Gasteiger partial charge in [0.25, 0.3) is 11.8 Å². The van der Waals surface area contributed by atoms with Crippen LogP contribution < -0.4 is 5.32 Å². The summed E-state index contributed by atoms with van der Waals surface area (Å²) >= 11 is 0. The molecule has 3 rings (SSSR count). The Morgan fingerprint density at radius 2 is 1.71 bits per heavy atom. The van der Waals surface area contributed by atoms with Gasteiger partial charge in [0.2, 0.25) is 0 Å². The maximum atomic E-state index is 13.7. The first-order valence-electron chi connectivity index (χ1n) is 8.85. The van der Waals surface area contributed by atoms with Crippen LogP contribution in [0.1, 0.15) is 26.3 Å². The van der Waals surface area contributed by atoms with Crippen LogP contribution in [0.3, 0.4) is 0 Å². The highest BCUT2D eigenvalue weighted by molar-refractivity contribution is 6.06. The number of anilines is 1. The van der Waals surface area contributed by atoms with Crippen LogP contribution in [0.2, 0.25) is 0 Å². The summed E-state index contributed by atoms with van der Waals surface area (Å²) in [6, 6.07) is 16.2. The Bertz CT molecular complexity index is 976. The summed E-state index contributed by atoms with van der Waals surface area (Å²) < 4.78 is 13.7. The van der Waals surface area contributed by atoms with Crippen LogP contribution in [0.15, 0.2) is 73.1 Å². The molecule has 0 radical (unpaired) electrons. The summed E-state index contributed by atoms with van der Waals surface area (Å²) in [7, 11) is 1.72. The number of nitrogens with zero attached hydrogens (tertiary/aromatic N) is 2. The van der Waals surface area contributed by atoms with Gasteiger partial charge in [-0.25, -0.2) is 4.39 Å². The summed E-state index contributed by atoms with van der Waals surface area (Å²) in [4.78, 5) is 30.7. The van der Waals surface area contributed by atoms with Gasteiger partial charge in [0.15, 0.2) is 0 Å². The minimum absolute atomic E-state index is 0.0960. The minimum Gasteiger partial charge on any atom is -0.341 e. The number of nitrogens with one attached hydrogen (secondary N) is 1. The number of likely N-dealkylation sites (N-methyl/N-ethyl adjacent to an activating group) is 1. The lowest BCUT2D eigenvalue weighted by molar-refractivity contribution is 0.0796. The highest BCUT2D eigenvalue weighted by atomic mass is 19.1. The normalized spacial score (nSPS) is 10.4. The first kappa shape index (κ1) is 19.2. The van der Waals surface area contributed by atoms with E-state index in [0.717, 1.165) is 5.56 Å². The van der Waals surface area contributed by atoms with Crippen molar-refractivity contribution in [3.8, 4) is 0 Å². The number of aromatic nitrogens is 1. The molecule has 6 heteroatoms. The smallest absolute Gasteiger partial charge is 0.255 e. The predicted molar refractivity (Wildman–Crippen MR) is 106 cm³/mol. The largest absolute Gasteiger partial charge is 0.341 e. The summed E-state index contributed by atoms with van der Waals surface area (Å²) in [5.41, 5.74) is 1.88. The molecule has 28 heavy (non-hydrogen) atoms. The number of hydrogen-bond donors (Lipinski definition) is 1. The Hall–Kier alpha value is -3.54. The quantitative estimate of drug-likeness (QED) is 0.711. The Morgan fingerprint density at radius 1 is 1.00 bits per heavy atom. The Labute approximate surface area is 162 Å². The van der Waals surface area contributed by atoms with Crippen LogP contribution in [-0.4, -0.2) is 35.3 Å². The lowest BCUT2D eigenvalue weighted by Gasteiger charge is -2.17. The molecule has 1 heterocycles. The number of rotatable bonds is 6. The number of halogens is 1. The van der Waals surface area contributed by atoms with Crippen LogP contribution in [0.4, 0.5) is 10.1 Å². The third-order valence-electron chi connectivity index (χ3n) is 4.33. The Morgan fingerprint density at radius 3 is 2.46 bits per heavy atom. The maximum Gasteiger partial charge on any atom is 0.255 e. The summed E-state index contributed by atoms with van der Waals surface area (Å²) in [5.74, 6) is -1.17. The topological polar surface area (TPSA) is 62.3 Å². The molecule has 0 aliphatic carbocycles. The van der Waals surface area contributed by atoms with Gasteiger partial charge in [0.05, 0.1) is 5.69 Å². The van der Waals surface area contributed by atoms with E-state index >= 15 is 0 Å². The van der Waals surface area contributed by atoms with E-state index < -0.39 is 11.7 Å². The molecule has 0 bridgehead atoms. The molecule has 0 atom stereocenters. The highest BCUT2D eigenvalue weighted by Crippen LogP contribution is 2.15. The van der Waals surface area contributed by atoms with E-state index in [4.69, 9.17) is 0 Å². The van der Waals surface area contributed by atoms with E-state index in [0.29, 0.717) is 18.5 Å². The predicted octanol–water partition coefficient (Wildman–Crippen LogP) is 3.79. The third kappa shape index (κ3) is 4.79. The van der Waals surface area contributed by atoms with Gasteiger partial charge in [-0.2, -0.15) is 0 Å². The van der Waals surface area contributed by atoms with Gasteiger partial charge in [-0.1, -0.05) is 18.2 Å². The van der Waals surface area contributed by atoms with Crippen molar-refractivity contribution in [2.75, 3.05) is 18.9 Å². The van der Waals surface area contributed by atoms with E-state index in [1.807, 2.05) is 12.1 Å². The van der Waals surface area contributed by atoms with Gasteiger partial charge in [0, 0.05) is 37.1 Å². The molecule has 0 unspecified atom stereocenters. The first-order chi connectivity index (χ1) is 13.5. The summed E-state index contributed by atoms with van der Waals surface area (Å²) in [6.07, 6.45) is 4.14. The van der Waals surface area contributed by atoms with Crippen molar-refractivity contribution in [2.24, 2.45) is 0 Å². The van der Waals surface area contributed by atoms with Crippen molar-refractivity contribution in [1.29, 1.82) is 0 Å². The van der Waals surface area contributed by atoms with Gasteiger partial charge in [-0.15, -0.1) is 0 Å². The van der Waals surface area contributed by atoms with Crippen LogP contribution >= 0.6 is 0 Å². The van der Waals surface area contributed by atoms with E-state index in [1.165, 1.54) is 18.2 Å². The molecule has 0 fully saturated rings. The first-order valence-corrected chi connectivity index (χ1v) is 8.85. The average molecular weight is 377 g/mol. The number of pyridine rings is 1. The van der Waals surface area contributed by atoms with Crippen molar-refractivity contribution >= 4 is 17.5 Å². The van der Waals surface area contributed by atoms with Crippen molar-refractivity contribution < 1.29 is 14.0 Å². The standard InChI is InChI=1S/C22H20FN3O2/c1-26(14-11-16-9-12-24-13-10-16)22(28)18-6-4-5-17(15-18)21(27)25-20-8-3-2-7-19(20)23/h2-10,12-13,15H,11,14H2,1H3,(H,25,27). The zero-order valence-corrected chi connectivity index (χ0v) is 15.4. The summed E-state index contributed by atoms with van der Waals surface area (Å²) in [6.45, 7) is 0.536. The molecule has 0 spiro atoms. The molecule has 0 saturated carbocycles. The number of para-hydroxylation sites is 1. The number of amides is 2. The van der Waals surface area contributed by atoms with Crippen LogP contribution in [0, 0.1) is 5.82 Å². The Kier molecular flexibility index (Phi) is 6.11. The SMILES string of the molecule is CN(CCc1ccncc1)C(=O)c1cccc(C(=O)Nc2ccccc2F)c1. The number of carbonyl (C=O) groups is 2. The van der Waals surface area contributed by atoms with Crippen molar-refractivity contribution in [3.63, 3.8) is 0 Å². The number of hydrogen-bond acceptors (Lipinski definition) is 3. The zero-order chi connectivity index (χ0) is 19.9. The molecule has 1 N–H and O–H groups in total. The Balaban J connectivity index is 1.67. The molecule has 1 aromatic heterocycles. The molecular formula is C22H20FN3O2.